The largest absolute Gasteiger partial charge is 0.481 e. The van der Waals surface area contributed by atoms with Crippen LogP contribution in [0.2, 0.25) is 0 Å². The second kappa shape index (κ2) is 29.4. The van der Waals surface area contributed by atoms with Gasteiger partial charge in [0.1, 0.15) is 43.5 Å². The first-order valence-corrected chi connectivity index (χ1v) is 21.9. The Hall–Kier alpha value is -3.14. The molecule has 0 aromatic heterocycles. The lowest BCUT2D eigenvalue weighted by Gasteiger charge is -2.34. The predicted molar refractivity (Wildman–Crippen MR) is 236 cm³/mol. The van der Waals surface area contributed by atoms with Gasteiger partial charge in [-0.1, -0.05) is 109 Å². The number of carboxylic acid groups (broad SMARTS) is 1. The summed E-state index contributed by atoms with van der Waals surface area (Å²) < 4.78 is 11.6. The van der Waals surface area contributed by atoms with Crippen LogP contribution in [0.5, 0.6) is 0 Å². The maximum Gasteiger partial charge on any atom is 0.325 e. The van der Waals surface area contributed by atoms with Gasteiger partial charge in [-0.15, -0.1) is 13.2 Å². The lowest BCUT2D eigenvalue weighted by Crippen LogP contribution is -2.60. The fraction of sp³-hybridized carbons (Fsp3) is 0.684. The maximum absolute atomic E-state index is 12.7. The molecule has 4 amide bonds. The molecule has 2 saturated heterocycles. The lowest BCUT2D eigenvalue weighted by atomic mass is 10.1. The van der Waals surface area contributed by atoms with Crippen LogP contribution < -0.4 is 21.5 Å². The Bertz CT molecular complexity index is 1580. The predicted octanol–water partition coefficient (Wildman–Crippen LogP) is 3.61. The Morgan fingerprint density at radius 3 is 1.41 bits per heavy atom. The van der Waals surface area contributed by atoms with Crippen molar-refractivity contribution in [2.24, 2.45) is 11.8 Å². The zero-order valence-electron chi connectivity index (χ0n) is 35.8. The highest BCUT2D eigenvalue weighted by atomic mass is 35.6. The van der Waals surface area contributed by atoms with Gasteiger partial charge in [-0.3, -0.25) is 48.4 Å². The molecule has 19 nitrogen and oxygen atoms in total. The van der Waals surface area contributed by atoms with E-state index in [1.165, 1.54) is 36.0 Å². The SMILES string of the molecule is C=CCC(=O)O.C=CCC(=O)O[C@H](C(=O)N[C@@H](C)C(=O)N1CCC[C@@H](C(=O)OCC(Cl)(Cl)Cl)N1)C(C)C.CC(C)[C@H](O)C(=O)N[C@@H](C)C(=O)N1CCC[C@@H](C(=O)OCC(Cl)(Cl)Cl)N1. The van der Waals surface area contributed by atoms with Gasteiger partial charge >= 0.3 is 23.9 Å². The number of aliphatic carboxylic acids is 1. The molecular weight excluding hydrogens is 961 g/mol. The molecule has 63 heavy (non-hydrogen) atoms. The minimum atomic E-state index is -1.74. The van der Waals surface area contributed by atoms with E-state index in [1.54, 1.807) is 27.7 Å². The van der Waals surface area contributed by atoms with Crippen molar-refractivity contribution in [1.82, 2.24) is 31.5 Å². The third kappa shape index (κ3) is 25.2. The number of ether oxygens (including phenoxy) is 3. The van der Waals surface area contributed by atoms with Crippen LogP contribution in [0.25, 0.3) is 0 Å². The van der Waals surface area contributed by atoms with E-state index in [1.807, 2.05) is 0 Å². The van der Waals surface area contributed by atoms with E-state index in [0.717, 1.165) is 0 Å². The van der Waals surface area contributed by atoms with Crippen molar-refractivity contribution in [3.05, 3.63) is 25.3 Å². The number of carbonyl (C=O) groups excluding carboxylic acids is 7. The van der Waals surface area contributed by atoms with Crippen LogP contribution in [0.3, 0.4) is 0 Å². The Kier molecular flexibility index (Phi) is 27.9. The highest BCUT2D eigenvalue weighted by Crippen LogP contribution is 2.27. The number of halogens is 6. The second-order valence-electron chi connectivity index (χ2n) is 14.8. The fourth-order valence-corrected chi connectivity index (χ4v) is 5.48. The zero-order valence-corrected chi connectivity index (χ0v) is 40.3. The first-order chi connectivity index (χ1) is 29.0. The number of hydrogen-bond acceptors (Lipinski definition) is 14. The molecule has 25 heteroatoms. The minimum absolute atomic E-state index is 0.0293. The molecule has 360 valence electrons. The normalized spacial score (nSPS) is 18.3. The van der Waals surface area contributed by atoms with E-state index in [-0.39, 0.29) is 24.7 Å². The number of aliphatic hydroxyl groups is 1. The molecule has 0 aromatic rings. The van der Waals surface area contributed by atoms with Crippen LogP contribution in [-0.4, -0.2) is 138 Å². The Morgan fingerprint density at radius 1 is 0.698 bits per heavy atom. The topological polar surface area (TPSA) is 259 Å². The number of nitrogens with zero attached hydrogens (tertiary/aromatic N) is 2. The molecule has 2 aliphatic heterocycles. The number of aliphatic hydroxyl groups excluding tert-OH is 1. The van der Waals surface area contributed by atoms with E-state index in [0.29, 0.717) is 38.8 Å². The summed E-state index contributed by atoms with van der Waals surface area (Å²) in [4.78, 5) is 95.1. The molecule has 2 heterocycles. The minimum Gasteiger partial charge on any atom is -0.481 e. The first-order valence-electron chi connectivity index (χ1n) is 19.6. The van der Waals surface area contributed by atoms with E-state index >= 15 is 0 Å². The van der Waals surface area contributed by atoms with Crippen molar-refractivity contribution in [1.29, 1.82) is 0 Å². The highest BCUT2D eigenvalue weighted by molar-refractivity contribution is 6.68. The van der Waals surface area contributed by atoms with E-state index in [4.69, 9.17) is 88.9 Å². The van der Waals surface area contributed by atoms with Crippen LogP contribution in [0.1, 0.15) is 80.1 Å². The monoisotopic (exact) mass is 1020 g/mol. The van der Waals surface area contributed by atoms with Crippen molar-refractivity contribution >= 4 is 117 Å². The molecular formula is C38H58Cl6N6O13. The van der Waals surface area contributed by atoms with Gasteiger partial charge in [0.05, 0.1) is 12.8 Å². The summed E-state index contributed by atoms with van der Waals surface area (Å²) in [5, 5.41) is 25.1. The Morgan fingerprint density at radius 2 is 1.10 bits per heavy atom. The number of rotatable bonds is 17. The number of amides is 4. The molecule has 0 radical (unpaired) electrons. The average Bonchev–Trinajstić information content (AvgIpc) is 3.19. The van der Waals surface area contributed by atoms with Crippen LogP contribution in [0.15, 0.2) is 25.3 Å². The quantitative estimate of drug-likeness (QED) is 0.0527. The van der Waals surface area contributed by atoms with Gasteiger partial charge in [0, 0.05) is 13.1 Å². The molecule has 0 bridgehead atoms. The van der Waals surface area contributed by atoms with Gasteiger partial charge in [0.2, 0.25) is 13.5 Å². The molecule has 6 N–H and O–H groups in total. The Labute approximate surface area is 397 Å². The van der Waals surface area contributed by atoms with E-state index in [9.17, 15) is 43.5 Å². The Balaban J connectivity index is 0.00000109. The van der Waals surface area contributed by atoms with Gasteiger partial charge in [0.15, 0.2) is 6.10 Å². The van der Waals surface area contributed by atoms with Crippen LogP contribution in [-0.2, 0) is 52.6 Å². The van der Waals surface area contributed by atoms with Gasteiger partial charge in [-0.05, 0) is 51.4 Å². The summed E-state index contributed by atoms with van der Waals surface area (Å²) in [6.07, 6.45) is 2.46. The zero-order chi connectivity index (χ0) is 48.8. The van der Waals surface area contributed by atoms with Gasteiger partial charge in [-0.2, -0.15) is 0 Å². The van der Waals surface area contributed by atoms with Crippen molar-refractivity contribution in [2.75, 3.05) is 26.3 Å². The molecule has 0 aromatic carbocycles. The number of alkyl halides is 6. The van der Waals surface area contributed by atoms with Crippen molar-refractivity contribution in [3.8, 4) is 0 Å². The molecule has 0 unspecified atom stereocenters. The average molecular weight is 1020 g/mol. The van der Waals surface area contributed by atoms with Crippen molar-refractivity contribution < 1.29 is 62.8 Å². The lowest BCUT2D eigenvalue weighted by molar-refractivity contribution is -0.159. The number of carbonyl (C=O) groups is 8. The number of nitrogens with one attached hydrogen (secondary N) is 4. The first kappa shape index (κ1) is 59.9. The van der Waals surface area contributed by atoms with E-state index < -0.39 is 105 Å². The smallest absolute Gasteiger partial charge is 0.325 e. The summed E-state index contributed by atoms with van der Waals surface area (Å²) in [7, 11) is 0. The summed E-state index contributed by atoms with van der Waals surface area (Å²) in [5.41, 5.74) is 5.54. The number of hydrogen-bond donors (Lipinski definition) is 6. The summed E-state index contributed by atoms with van der Waals surface area (Å²) in [6, 6.07) is -3.37. The summed E-state index contributed by atoms with van der Waals surface area (Å²) in [6.45, 7) is 16.4. The van der Waals surface area contributed by atoms with Gasteiger partial charge in [0.25, 0.3) is 17.7 Å². The molecule has 0 aliphatic carbocycles. The number of esters is 3. The molecule has 2 rings (SSSR count). The summed E-state index contributed by atoms with van der Waals surface area (Å²) in [5.74, 6) is -5.42. The number of carboxylic acids is 1. The van der Waals surface area contributed by atoms with Crippen LogP contribution in [0, 0.1) is 11.8 Å². The second-order valence-corrected chi connectivity index (χ2v) is 19.8. The molecule has 0 spiro atoms. The maximum atomic E-state index is 12.7. The van der Waals surface area contributed by atoms with Crippen LogP contribution in [0.4, 0.5) is 0 Å². The summed E-state index contributed by atoms with van der Waals surface area (Å²) >= 11 is 33.3. The van der Waals surface area contributed by atoms with Crippen molar-refractivity contribution in [3.63, 3.8) is 0 Å². The van der Waals surface area contributed by atoms with Crippen LogP contribution >= 0.6 is 69.6 Å². The fourth-order valence-electron chi connectivity index (χ4n) is 5.15. The standard InChI is InChI=1S/C19H28Cl3N3O6.C15H24Cl3N3O5.C4H6O2/c1-5-7-14(26)31-15(11(2)3)16(27)23-12(4)17(28)25-9-6-8-13(24-25)18(29)30-10-19(20,21)22;1-8(2)11(22)12(23)19-9(3)13(24)21-6-4-5-10(20-21)14(25)26-7-15(16,17)18;1-2-3-4(5)6/h5,11-13,15,24H,1,6-10H2,2-4H3,(H,23,27);8-11,20,22H,4-7H2,1-3H3,(H,19,23);2H,1,3H2,(H,5,6)/t12-,13-,15-;9-,10-,11-;/m00./s1. The van der Waals surface area contributed by atoms with E-state index in [2.05, 4.69) is 34.6 Å². The number of hydrazine groups is 2. The molecule has 0 saturated carbocycles. The highest BCUT2D eigenvalue weighted by Gasteiger charge is 2.36. The van der Waals surface area contributed by atoms with Gasteiger partial charge in [-0.25, -0.2) is 10.9 Å². The molecule has 2 fully saturated rings. The molecule has 2 aliphatic rings. The van der Waals surface area contributed by atoms with Gasteiger partial charge < -0.3 is 35.1 Å². The third-order valence-corrected chi connectivity index (χ3v) is 9.00. The third-order valence-electron chi connectivity index (χ3n) is 8.34. The molecule has 6 atom stereocenters. The van der Waals surface area contributed by atoms with Crippen molar-refractivity contribution in [2.45, 2.75) is 124 Å².